The number of esters is 1. The Bertz CT molecular complexity index is 1360. The van der Waals surface area contributed by atoms with Gasteiger partial charge in [0.15, 0.2) is 0 Å². The van der Waals surface area contributed by atoms with Gasteiger partial charge in [0.25, 0.3) is 0 Å². The van der Waals surface area contributed by atoms with Crippen LogP contribution in [0.1, 0.15) is 34.2 Å². The summed E-state index contributed by atoms with van der Waals surface area (Å²) in [5.74, 6) is -3.99. The molecule has 0 aliphatic heterocycles. The van der Waals surface area contributed by atoms with Crippen molar-refractivity contribution in [3.05, 3.63) is 113 Å². The van der Waals surface area contributed by atoms with Gasteiger partial charge in [0.1, 0.15) is 23.9 Å². The molecule has 8 nitrogen and oxygen atoms in total. The SMILES string of the molecule is Cc1cc(O)cc(C)c1C[C@H]([NH3+])[C@@H](O)C/C=C/[C@H](O)[C@@H](Cc1ccccc1)C(=O)OCCc1ccccc1.O=C([O-])C(F)(F)F. The Balaban J connectivity index is 0.000000900. The van der Waals surface area contributed by atoms with E-state index >= 15 is 0 Å². The number of benzene rings is 3. The highest BCUT2D eigenvalue weighted by Crippen LogP contribution is 2.23. The van der Waals surface area contributed by atoms with Gasteiger partial charge >= 0.3 is 12.1 Å². The van der Waals surface area contributed by atoms with Gasteiger partial charge in [0, 0.05) is 12.8 Å². The molecule has 4 atom stereocenters. The Morgan fingerprint density at radius 1 is 0.933 bits per heavy atom. The number of phenolic OH excluding ortho intramolecular Hbond substituents is 1. The van der Waals surface area contributed by atoms with E-state index in [1.165, 1.54) is 0 Å². The van der Waals surface area contributed by atoms with Crippen molar-refractivity contribution in [2.75, 3.05) is 6.61 Å². The molecule has 45 heavy (non-hydrogen) atoms. The number of carbonyl (C=O) groups is 2. The Morgan fingerprint density at radius 2 is 1.44 bits per heavy atom. The van der Waals surface area contributed by atoms with Crippen LogP contribution in [0.4, 0.5) is 13.2 Å². The molecule has 6 N–H and O–H groups in total. The number of hydrogen-bond acceptors (Lipinski definition) is 7. The van der Waals surface area contributed by atoms with Gasteiger partial charge < -0.3 is 35.7 Å². The summed E-state index contributed by atoms with van der Waals surface area (Å²) >= 11 is 0. The van der Waals surface area contributed by atoms with E-state index in [9.17, 15) is 33.3 Å². The van der Waals surface area contributed by atoms with Gasteiger partial charge in [-0.3, -0.25) is 4.79 Å². The molecular formula is C34H40F3NO7. The second-order valence-corrected chi connectivity index (χ2v) is 10.7. The van der Waals surface area contributed by atoms with Gasteiger partial charge in [-0.15, -0.1) is 0 Å². The fourth-order valence-electron chi connectivity index (χ4n) is 4.61. The minimum absolute atomic E-state index is 0.227. The highest BCUT2D eigenvalue weighted by molar-refractivity contribution is 5.74. The lowest BCUT2D eigenvalue weighted by Crippen LogP contribution is -2.67. The molecule has 3 aromatic rings. The molecule has 0 aromatic heterocycles. The number of aliphatic carboxylic acids is 1. The molecule has 0 fully saturated rings. The van der Waals surface area contributed by atoms with Gasteiger partial charge in [0.05, 0.1) is 18.6 Å². The number of carboxylic acids is 1. The van der Waals surface area contributed by atoms with Crippen molar-refractivity contribution in [1.29, 1.82) is 0 Å². The number of ether oxygens (including phenoxy) is 1. The van der Waals surface area contributed by atoms with Crippen LogP contribution < -0.4 is 10.8 Å². The number of alkyl halides is 3. The van der Waals surface area contributed by atoms with E-state index < -0.39 is 36.2 Å². The molecule has 0 aliphatic rings. The lowest BCUT2D eigenvalue weighted by atomic mass is 9.92. The number of phenols is 1. The van der Waals surface area contributed by atoms with Gasteiger partial charge in [-0.25, -0.2) is 0 Å². The van der Waals surface area contributed by atoms with E-state index in [4.69, 9.17) is 14.6 Å². The molecule has 0 radical (unpaired) electrons. The summed E-state index contributed by atoms with van der Waals surface area (Å²) in [5.41, 5.74) is 9.13. The zero-order chi connectivity index (χ0) is 33.6. The predicted octanol–water partition coefficient (Wildman–Crippen LogP) is 2.77. The van der Waals surface area contributed by atoms with Crippen LogP contribution in [-0.2, 0) is 33.6 Å². The number of aliphatic hydroxyl groups excluding tert-OH is 2. The van der Waals surface area contributed by atoms with Gasteiger partial charge in [-0.1, -0.05) is 72.8 Å². The minimum Gasteiger partial charge on any atom is -0.542 e. The first-order valence-electron chi connectivity index (χ1n) is 14.4. The maximum absolute atomic E-state index is 13.0. The van der Waals surface area contributed by atoms with Gasteiger partial charge in [0.2, 0.25) is 0 Å². The lowest BCUT2D eigenvalue weighted by Gasteiger charge is -2.20. The Labute approximate surface area is 260 Å². The summed E-state index contributed by atoms with van der Waals surface area (Å²) in [7, 11) is 0. The molecule has 0 unspecified atom stereocenters. The smallest absolute Gasteiger partial charge is 0.430 e. The van der Waals surface area contributed by atoms with Gasteiger partial charge in [-0.05, 0) is 66.6 Å². The normalized spacial score (nSPS) is 14.1. The Hall–Kier alpha value is -4.19. The molecule has 0 bridgehead atoms. The topological polar surface area (TPSA) is 155 Å². The van der Waals surface area contributed by atoms with E-state index in [0.29, 0.717) is 25.7 Å². The van der Waals surface area contributed by atoms with Crippen molar-refractivity contribution in [3.63, 3.8) is 0 Å². The zero-order valence-corrected chi connectivity index (χ0v) is 25.2. The van der Waals surface area contributed by atoms with Crippen molar-refractivity contribution in [2.45, 2.75) is 64.0 Å². The van der Waals surface area contributed by atoms with Crippen LogP contribution in [0.25, 0.3) is 0 Å². The van der Waals surface area contributed by atoms with Crippen LogP contribution in [-0.4, -0.2) is 58.3 Å². The number of rotatable bonds is 13. The molecule has 3 aromatic carbocycles. The fourth-order valence-corrected chi connectivity index (χ4v) is 4.61. The highest BCUT2D eigenvalue weighted by Gasteiger charge is 2.29. The molecule has 0 saturated carbocycles. The summed E-state index contributed by atoms with van der Waals surface area (Å²) < 4.78 is 37.1. The van der Waals surface area contributed by atoms with Crippen LogP contribution in [0.5, 0.6) is 5.75 Å². The van der Waals surface area contributed by atoms with E-state index in [2.05, 4.69) is 5.73 Å². The molecule has 244 valence electrons. The second kappa shape index (κ2) is 17.9. The molecule has 0 spiro atoms. The Morgan fingerprint density at radius 3 is 1.96 bits per heavy atom. The summed E-state index contributed by atoms with van der Waals surface area (Å²) in [6, 6.07) is 22.5. The number of halogens is 3. The van der Waals surface area contributed by atoms with E-state index in [1.54, 1.807) is 24.3 Å². The number of hydrogen-bond donors (Lipinski definition) is 4. The average molecular weight is 632 g/mol. The lowest BCUT2D eigenvalue weighted by molar-refractivity contribution is -0.436. The number of aromatic hydroxyl groups is 1. The number of carbonyl (C=O) groups excluding carboxylic acids is 2. The third-order valence-electron chi connectivity index (χ3n) is 7.12. The first-order chi connectivity index (χ1) is 21.2. The fraction of sp³-hybridized carbons (Fsp3) is 0.353. The van der Waals surface area contributed by atoms with Crippen LogP contribution in [0.15, 0.2) is 84.9 Å². The first kappa shape index (κ1) is 37.0. The van der Waals surface area contributed by atoms with Gasteiger partial charge in [-0.2, -0.15) is 13.2 Å². The molecule has 0 amide bonds. The predicted molar refractivity (Wildman–Crippen MR) is 160 cm³/mol. The van der Waals surface area contributed by atoms with Crippen LogP contribution in [0, 0.1) is 19.8 Å². The average Bonchev–Trinajstić information content (AvgIpc) is 2.98. The van der Waals surface area contributed by atoms with E-state index in [-0.39, 0.29) is 18.4 Å². The maximum Gasteiger partial charge on any atom is 0.430 e. The third-order valence-corrected chi connectivity index (χ3v) is 7.12. The largest absolute Gasteiger partial charge is 0.542 e. The van der Waals surface area contributed by atoms with Crippen molar-refractivity contribution in [3.8, 4) is 5.75 Å². The maximum atomic E-state index is 13.0. The summed E-state index contributed by atoms with van der Waals surface area (Å²) in [4.78, 5) is 21.8. The van der Waals surface area contributed by atoms with Crippen molar-refractivity contribution < 1.29 is 53.7 Å². The monoisotopic (exact) mass is 631 g/mol. The first-order valence-corrected chi connectivity index (χ1v) is 14.4. The Kier molecular flexibility index (Phi) is 14.8. The minimum atomic E-state index is -5.19. The summed E-state index contributed by atoms with van der Waals surface area (Å²) in [6.45, 7) is 4.11. The molecule has 11 heteroatoms. The van der Waals surface area contributed by atoms with Crippen molar-refractivity contribution in [2.24, 2.45) is 5.92 Å². The van der Waals surface area contributed by atoms with E-state index in [0.717, 1.165) is 27.8 Å². The quantitative estimate of drug-likeness (QED) is 0.167. The van der Waals surface area contributed by atoms with E-state index in [1.807, 2.05) is 74.5 Å². The van der Waals surface area contributed by atoms with Crippen LogP contribution in [0.3, 0.4) is 0 Å². The molecule has 0 saturated heterocycles. The standard InChI is InChI=1S/C32H39NO5.C2HF3O2/c1-22-18-26(34)19-23(2)27(22)21-29(33)31(36)15-9-14-30(35)28(20-25-12-7-4-8-13-25)32(37)38-17-16-24-10-5-3-6-11-24;3-2(4,5)1(6)7/h3-14,18-19,28-31,34-36H,15-17,20-21,33H2,1-2H3;(H,6,7)/b14-9+;/t28-,29+,30+,31+;/m1./s1. The highest BCUT2D eigenvalue weighted by atomic mass is 19.4. The van der Waals surface area contributed by atoms with Crippen LogP contribution >= 0.6 is 0 Å². The molecular weight excluding hydrogens is 591 g/mol. The van der Waals surface area contributed by atoms with Crippen molar-refractivity contribution >= 4 is 11.9 Å². The molecule has 0 heterocycles. The summed E-state index contributed by atoms with van der Waals surface area (Å²) in [6.07, 6.45) is -1.89. The number of aliphatic hydroxyl groups is 2. The molecule has 3 rings (SSSR count). The van der Waals surface area contributed by atoms with Crippen LogP contribution in [0.2, 0.25) is 0 Å². The summed E-state index contributed by atoms with van der Waals surface area (Å²) in [5, 5.41) is 40.2. The number of carboxylic acid groups (broad SMARTS) is 1. The third kappa shape index (κ3) is 13.1. The number of quaternary nitrogens is 1. The van der Waals surface area contributed by atoms with Crippen molar-refractivity contribution in [1.82, 2.24) is 0 Å². The second-order valence-electron chi connectivity index (χ2n) is 10.7. The molecule has 0 aliphatic carbocycles. The zero-order valence-electron chi connectivity index (χ0n) is 25.2. The number of aryl methyl sites for hydroxylation is 2.